The Hall–Kier alpha value is -0.810. The zero-order valence-corrected chi connectivity index (χ0v) is 8.99. The van der Waals surface area contributed by atoms with E-state index >= 15 is 0 Å². The first kappa shape index (κ1) is 10.3. The van der Waals surface area contributed by atoms with Crippen molar-refractivity contribution in [3.8, 4) is 11.8 Å². The molecule has 0 radical (unpaired) electrons. The van der Waals surface area contributed by atoms with E-state index in [-0.39, 0.29) is 5.82 Å². The first-order valence-electron chi connectivity index (χ1n) is 4.05. The standard InChI is InChI=1S/C11H10BrF/c1-9-5-6-10(8-11(9)13)4-2-3-7-12/h5-6,8H,3,7H2,1H3. The summed E-state index contributed by atoms with van der Waals surface area (Å²) in [6.45, 7) is 1.74. The van der Waals surface area contributed by atoms with Gasteiger partial charge in [0.25, 0.3) is 0 Å². The summed E-state index contributed by atoms with van der Waals surface area (Å²) >= 11 is 3.27. The third-order valence-corrected chi connectivity index (χ3v) is 2.02. The molecular weight excluding hydrogens is 231 g/mol. The normalized spacial score (nSPS) is 9.15. The Bertz CT molecular complexity index is 347. The smallest absolute Gasteiger partial charge is 0.127 e. The van der Waals surface area contributed by atoms with Crippen LogP contribution < -0.4 is 0 Å². The summed E-state index contributed by atoms with van der Waals surface area (Å²) in [5.41, 5.74) is 1.40. The quantitative estimate of drug-likeness (QED) is 0.523. The van der Waals surface area contributed by atoms with E-state index in [0.29, 0.717) is 5.56 Å². The monoisotopic (exact) mass is 240 g/mol. The Morgan fingerprint density at radius 1 is 1.46 bits per heavy atom. The Kier molecular flexibility index (Phi) is 3.98. The van der Waals surface area contributed by atoms with Crippen LogP contribution in [0.15, 0.2) is 18.2 Å². The van der Waals surface area contributed by atoms with Gasteiger partial charge in [0.15, 0.2) is 0 Å². The molecule has 0 saturated carbocycles. The van der Waals surface area contributed by atoms with E-state index in [4.69, 9.17) is 0 Å². The summed E-state index contributed by atoms with van der Waals surface area (Å²) in [6, 6.07) is 5.05. The lowest BCUT2D eigenvalue weighted by molar-refractivity contribution is 0.618. The van der Waals surface area contributed by atoms with Gasteiger partial charge in [-0.1, -0.05) is 33.8 Å². The van der Waals surface area contributed by atoms with Crippen LogP contribution in [-0.4, -0.2) is 5.33 Å². The third kappa shape index (κ3) is 3.20. The summed E-state index contributed by atoms with van der Waals surface area (Å²) in [5.74, 6) is 5.64. The fraction of sp³-hybridized carbons (Fsp3) is 0.273. The maximum Gasteiger partial charge on any atom is 0.127 e. The highest BCUT2D eigenvalue weighted by Crippen LogP contribution is 2.07. The SMILES string of the molecule is Cc1ccc(C#CCCBr)cc1F. The first-order valence-corrected chi connectivity index (χ1v) is 5.17. The van der Waals surface area contributed by atoms with Crippen LogP contribution in [0.5, 0.6) is 0 Å². The molecule has 0 aliphatic carbocycles. The van der Waals surface area contributed by atoms with E-state index in [9.17, 15) is 4.39 Å². The molecule has 0 spiro atoms. The average Bonchev–Trinajstić information content (AvgIpc) is 2.12. The molecule has 2 heteroatoms. The predicted octanol–water partition coefficient (Wildman–Crippen LogP) is 3.27. The van der Waals surface area contributed by atoms with E-state index < -0.39 is 0 Å². The average molecular weight is 241 g/mol. The predicted molar refractivity (Wildman–Crippen MR) is 56.4 cm³/mol. The lowest BCUT2D eigenvalue weighted by atomic mass is 10.1. The van der Waals surface area contributed by atoms with Gasteiger partial charge in [0, 0.05) is 17.3 Å². The van der Waals surface area contributed by atoms with Gasteiger partial charge in [-0.25, -0.2) is 4.39 Å². The molecular formula is C11H10BrF. The zero-order chi connectivity index (χ0) is 9.68. The van der Waals surface area contributed by atoms with E-state index in [2.05, 4.69) is 27.8 Å². The molecule has 0 aromatic heterocycles. The molecule has 0 atom stereocenters. The Balaban J connectivity index is 2.81. The van der Waals surface area contributed by atoms with Crippen LogP contribution in [-0.2, 0) is 0 Å². The molecule has 1 aromatic rings. The van der Waals surface area contributed by atoms with Gasteiger partial charge < -0.3 is 0 Å². The number of halogens is 2. The summed E-state index contributed by atoms with van der Waals surface area (Å²) in [5, 5.41) is 0.855. The van der Waals surface area contributed by atoms with Gasteiger partial charge in [-0.3, -0.25) is 0 Å². The van der Waals surface area contributed by atoms with Crippen LogP contribution in [0.1, 0.15) is 17.5 Å². The van der Waals surface area contributed by atoms with Gasteiger partial charge in [-0.05, 0) is 24.6 Å². The van der Waals surface area contributed by atoms with Gasteiger partial charge in [-0.2, -0.15) is 0 Å². The highest BCUT2D eigenvalue weighted by Gasteiger charge is 1.95. The van der Waals surface area contributed by atoms with Crippen molar-refractivity contribution < 1.29 is 4.39 Å². The molecule has 0 heterocycles. The second kappa shape index (κ2) is 5.04. The van der Waals surface area contributed by atoms with E-state index in [1.165, 1.54) is 6.07 Å². The highest BCUT2D eigenvalue weighted by atomic mass is 79.9. The number of hydrogen-bond donors (Lipinski definition) is 0. The molecule has 13 heavy (non-hydrogen) atoms. The van der Waals surface area contributed by atoms with Crippen molar-refractivity contribution >= 4 is 15.9 Å². The maximum absolute atomic E-state index is 13.0. The lowest BCUT2D eigenvalue weighted by Crippen LogP contribution is -1.83. The molecule has 68 valence electrons. The summed E-state index contributed by atoms with van der Waals surface area (Å²) in [6.07, 6.45) is 0.787. The van der Waals surface area contributed by atoms with Crippen LogP contribution in [0.3, 0.4) is 0 Å². The second-order valence-electron chi connectivity index (χ2n) is 2.70. The Labute approximate surface area is 86.3 Å². The molecule has 0 bridgehead atoms. The minimum Gasteiger partial charge on any atom is -0.207 e. The molecule has 0 aliphatic rings. The number of hydrogen-bond acceptors (Lipinski definition) is 0. The van der Waals surface area contributed by atoms with Crippen LogP contribution >= 0.6 is 15.9 Å². The van der Waals surface area contributed by atoms with Crippen LogP contribution in [0.25, 0.3) is 0 Å². The maximum atomic E-state index is 13.0. The summed E-state index contributed by atoms with van der Waals surface area (Å²) < 4.78 is 13.0. The molecule has 0 amide bonds. The molecule has 1 rings (SSSR count). The minimum absolute atomic E-state index is 0.189. The lowest BCUT2D eigenvalue weighted by Gasteiger charge is -1.95. The van der Waals surface area contributed by atoms with Gasteiger partial charge in [0.2, 0.25) is 0 Å². The molecule has 0 N–H and O–H groups in total. The van der Waals surface area contributed by atoms with Crippen molar-refractivity contribution in [2.24, 2.45) is 0 Å². The first-order chi connectivity index (χ1) is 6.24. The zero-order valence-electron chi connectivity index (χ0n) is 7.40. The minimum atomic E-state index is -0.189. The third-order valence-electron chi connectivity index (χ3n) is 1.62. The van der Waals surface area contributed by atoms with Crippen molar-refractivity contribution in [2.75, 3.05) is 5.33 Å². The largest absolute Gasteiger partial charge is 0.207 e. The van der Waals surface area contributed by atoms with Crippen LogP contribution in [0.4, 0.5) is 4.39 Å². The Morgan fingerprint density at radius 3 is 2.85 bits per heavy atom. The van der Waals surface area contributed by atoms with Crippen LogP contribution in [0.2, 0.25) is 0 Å². The Morgan fingerprint density at radius 2 is 2.23 bits per heavy atom. The van der Waals surface area contributed by atoms with E-state index in [1.54, 1.807) is 13.0 Å². The molecule has 0 nitrogen and oxygen atoms in total. The van der Waals surface area contributed by atoms with E-state index in [1.807, 2.05) is 6.07 Å². The van der Waals surface area contributed by atoms with Crippen LogP contribution in [0, 0.1) is 24.6 Å². The molecule has 0 saturated heterocycles. The fourth-order valence-corrected chi connectivity index (χ4v) is 1.08. The van der Waals surface area contributed by atoms with Gasteiger partial charge in [0.1, 0.15) is 5.82 Å². The van der Waals surface area contributed by atoms with Gasteiger partial charge in [-0.15, -0.1) is 0 Å². The fourth-order valence-electron chi connectivity index (χ4n) is 0.882. The molecule has 0 aliphatic heterocycles. The second-order valence-corrected chi connectivity index (χ2v) is 3.50. The van der Waals surface area contributed by atoms with Crippen molar-refractivity contribution in [2.45, 2.75) is 13.3 Å². The molecule has 0 fully saturated rings. The summed E-state index contributed by atoms with van der Waals surface area (Å²) in [4.78, 5) is 0. The van der Waals surface area contributed by atoms with Gasteiger partial charge in [0.05, 0.1) is 0 Å². The van der Waals surface area contributed by atoms with Crippen molar-refractivity contribution in [1.82, 2.24) is 0 Å². The van der Waals surface area contributed by atoms with Crippen molar-refractivity contribution in [3.63, 3.8) is 0 Å². The van der Waals surface area contributed by atoms with Gasteiger partial charge >= 0.3 is 0 Å². The topological polar surface area (TPSA) is 0 Å². The number of rotatable bonds is 1. The number of benzene rings is 1. The van der Waals surface area contributed by atoms with Crippen molar-refractivity contribution in [1.29, 1.82) is 0 Å². The van der Waals surface area contributed by atoms with Crippen molar-refractivity contribution in [3.05, 3.63) is 35.1 Å². The van der Waals surface area contributed by atoms with E-state index in [0.717, 1.165) is 17.3 Å². The summed E-state index contributed by atoms with van der Waals surface area (Å²) in [7, 11) is 0. The molecule has 0 unspecified atom stereocenters. The molecule has 1 aromatic carbocycles. The highest BCUT2D eigenvalue weighted by molar-refractivity contribution is 9.09. The number of alkyl halides is 1. The number of aryl methyl sites for hydroxylation is 1.